The van der Waals surface area contributed by atoms with Gasteiger partial charge in [-0.1, -0.05) is 12.1 Å². The van der Waals surface area contributed by atoms with Gasteiger partial charge in [-0.05, 0) is 47.7 Å². The lowest BCUT2D eigenvalue weighted by Crippen LogP contribution is -2.27. The van der Waals surface area contributed by atoms with Gasteiger partial charge in [0.25, 0.3) is 11.1 Å². The predicted octanol–water partition coefficient (Wildman–Crippen LogP) is 3.35. The molecule has 24 heavy (non-hydrogen) atoms. The third-order valence-electron chi connectivity index (χ3n) is 3.38. The van der Waals surface area contributed by atoms with E-state index in [2.05, 4.69) is 0 Å². The number of amides is 2. The number of carbonyl (C=O) groups is 2. The van der Waals surface area contributed by atoms with Crippen LogP contribution in [0.3, 0.4) is 0 Å². The minimum Gasteiger partial charge on any atom is -0.508 e. The van der Waals surface area contributed by atoms with Crippen molar-refractivity contribution >= 4 is 34.7 Å². The molecule has 0 aliphatic carbocycles. The van der Waals surface area contributed by atoms with Crippen LogP contribution in [-0.2, 0) is 4.79 Å². The van der Waals surface area contributed by atoms with E-state index in [1.54, 1.807) is 30.3 Å². The van der Waals surface area contributed by atoms with Crippen LogP contribution in [0.4, 0.5) is 10.5 Å². The van der Waals surface area contributed by atoms with E-state index in [0.29, 0.717) is 11.3 Å². The summed E-state index contributed by atoms with van der Waals surface area (Å²) >= 11 is 0.809. The zero-order valence-corrected chi connectivity index (χ0v) is 13.4. The molecule has 0 atom stereocenters. The number of imide groups is 1. The summed E-state index contributed by atoms with van der Waals surface area (Å²) in [4.78, 5) is 25.9. The van der Waals surface area contributed by atoms with Crippen molar-refractivity contribution in [3.05, 3.63) is 52.9 Å². The molecule has 2 aromatic carbocycles. The van der Waals surface area contributed by atoms with Crippen molar-refractivity contribution in [2.75, 3.05) is 12.0 Å². The molecule has 3 rings (SSSR count). The highest BCUT2D eigenvalue weighted by molar-refractivity contribution is 8.19. The molecule has 7 heteroatoms. The van der Waals surface area contributed by atoms with Crippen molar-refractivity contribution in [1.29, 1.82) is 0 Å². The molecule has 0 aromatic heterocycles. The SMILES string of the molecule is COc1cc(/C=C2/SC(=O)N(c3cccc(O)c3)C2=O)ccc1O. The molecule has 1 aliphatic heterocycles. The van der Waals surface area contributed by atoms with E-state index >= 15 is 0 Å². The third kappa shape index (κ3) is 2.93. The standard InChI is InChI=1S/C17H13NO5S/c1-23-14-7-10(5-6-13(14)20)8-15-16(21)18(17(22)24-15)11-3-2-4-12(19)9-11/h2-9,19-20H,1H3/b15-8+. The smallest absolute Gasteiger partial charge is 0.298 e. The Balaban J connectivity index is 1.94. The van der Waals surface area contributed by atoms with Gasteiger partial charge in [0.1, 0.15) is 5.75 Å². The number of hydrogen-bond acceptors (Lipinski definition) is 6. The van der Waals surface area contributed by atoms with Crippen LogP contribution in [0.25, 0.3) is 6.08 Å². The first-order chi connectivity index (χ1) is 11.5. The molecule has 2 N–H and O–H groups in total. The maximum Gasteiger partial charge on any atom is 0.298 e. The van der Waals surface area contributed by atoms with Gasteiger partial charge >= 0.3 is 0 Å². The van der Waals surface area contributed by atoms with E-state index in [1.807, 2.05) is 0 Å². The molecule has 0 spiro atoms. The molecule has 6 nitrogen and oxygen atoms in total. The lowest BCUT2D eigenvalue weighted by molar-refractivity contribution is -0.113. The van der Waals surface area contributed by atoms with Crippen LogP contribution in [0.5, 0.6) is 17.2 Å². The van der Waals surface area contributed by atoms with Gasteiger partial charge < -0.3 is 14.9 Å². The zero-order chi connectivity index (χ0) is 17.3. The van der Waals surface area contributed by atoms with Crippen LogP contribution in [0.15, 0.2) is 47.4 Å². The molecule has 2 aromatic rings. The Labute approximate surface area is 142 Å². The molecule has 0 unspecified atom stereocenters. The average molecular weight is 343 g/mol. The number of phenolic OH excluding ortho intramolecular Hbond substituents is 2. The van der Waals surface area contributed by atoms with E-state index in [9.17, 15) is 19.8 Å². The molecule has 1 fully saturated rings. The number of phenols is 2. The maximum absolute atomic E-state index is 12.5. The molecule has 0 saturated carbocycles. The molecule has 1 heterocycles. The fraction of sp³-hybridized carbons (Fsp3) is 0.0588. The summed E-state index contributed by atoms with van der Waals surface area (Å²) in [7, 11) is 1.43. The normalized spacial score (nSPS) is 16.0. The maximum atomic E-state index is 12.5. The molecule has 2 amide bonds. The summed E-state index contributed by atoms with van der Waals surface area (Å²) in [5, 5.41) is 18.7. The Kier molecular flexibility index (Phi) is 4.18. The van der Waals surface area contributed by atoms with Crippen LogP contribution in [0.1, 0.15) is 5.56 Å². The lowest BCUT2D eigenvalue weighted by Gasteiger charge is -2.12. The third-order valence-corrected chi connectivity index (χ3v) is 4.25. The Hall–Kier alpha value is -2.93. The summed E-state index contributed by atoms with van der Waals surface area (Å²) in [6, 6.07) is 10.6. The number of ether oxygens (including phenoxy) is 1. The van der Waals surface area contributed by atoms with Crippen molar-refractivity contribution in [3.8, 4) is 17.2 Å². The second-order valence-corrected chi connectivity index (χ2v) is 5.96. The van der Waals surface area contributed by atoms with Crippen molar-refractivity contribution in [2.45, 2.75) is 0 Å². The Morgan fingerprint density at radius 1 is 1.12 bits per heavy atom. The van der Waals surface area contributed by atoms with Gasteiger partial charge in [0.05, 0.1) is 17.7 Å². The first kappa shape index (κ1) is 15.9. The van der Waals surface area contributed by atoms with Crippen LogP contribution < -0.4 is 9.64 Å². The van der Waals surface area contributed by atoms with Crippen molar-refractivity contribution in [1.82, 2.24) is 0 Å². The van der Waals surface area contributed by atoms with Gasteiger partial charge in [-0.2, -0.15) is 0 Å². The Bertz CT molecular complexity index is 862. The minimum atomic E-state index is -0.470. The topological polar surface area (TPSA) is 87.1 Å². The highest BCUT2D eigenvalue weighted by Gasteiger charge is 2.36. The quantitative estimate of drug-likeness (QED) is 0.831. The van der Waals surface area contributed by atoms with Gasteiger partial charge in [-0.25, -0.2) is 4.90 Å². The highest BCUT2D eigenvalue weighted by atomic mass is 32.2. The van der Waals surface area contributed by atoms with Crippen molar-refractivity contribution in [3.63, 3.8) is 0 Å². The number of methoxy groups -OCH3 is 1. The number of nitrogens with zero attached hydrogens (tertiary/aromatic N) is 1. The summed E-state index contributed by atoms with van der Waals surface area (Å²) < 4.78 is 5.03. The summed E-state index contributed by atoms with van der Waals surface area (Å²) in [6.07, 6.45) is 1.55. The van der Waals surface area contributed by atoms with Crippen LogP contribution in [0, 0.1) is 0 Å². The molecule has 1 saturated heterocycles. The molecule has 1 aliphatic rings. The predicted molar refractivity (Wildman–Crippen MR) is 91.2 cm³/mol. The number of anilines is 1. The highest BCUT2D eigenvalue weighted by Crippen LogP contribution is 2.37. The average Bonchev–Trinajstić information content (AvgIpc) is 2.83. The summed E-state index contributed by atoms with van der Waals surface area (Å²) in [6.45, 7) is 0. The monoisotopic (exact) mass is 343 g/mol. The number of carbonyl (C=O) groups excluding carboxylic acids is 2. The molecular formula is C17H13NO5S. The largest absolute Gasteiger partial charge is 0.508 e. The summed E-state index contributed by atoms with van der Waals surface area (Å²) in [5.41, 5.74) is 0.926. The van der Waals surface area contributed by atoms with Crippen LogP contribution in [0.2, 0.25) is 0 Å². The van der Waals surface area contributed by atoms with Gasteiger partial charge in [-0.3, -0.25) is 9.59 Å². The second kappa shape index (κ2) is 6.29. The Morgan fingerprint density at radius 3 is 2.62 bits per heavy atom. The summed E-state index contributed by atoms with van der Waals surface area (Å²) in [5.74, 6) is -0.236. The second-order valence-electron chi connectivity index (χ2n) is 4.97. The van der Waals surface area contributed by atoms with Crippen molar-refractivity contribution < 1.29 is 24.5 Å². The fourth-order valence-electron chi connectivity index (χ4n) is 2.26. The molecule has 0 radical (unpaired) electrons. The van der Waals surface area contributed by atoms with Gasteiger partial charge in [0.15, 0.2) is 11.5 Å². The first-order valence-electron chi connectivity index (χ1n) is 6.93. The molecule has 0 bridgehead atoms. The molecular weight excluding hydrogens is 330 g/mol. The zero-order valence-electron chi connectivity index (χ0n) is 12.6. The van der Waals surface area contributed by atoms with Crippen LogP contribution in [-0.4, -0.2) is 28.5 Å². The number of hydrogen-bond donors (Lipinski definition) is 2. The Morgan fingerprint density at radius 2 is 1.92 bits per heavy atom. The van der Waals surface area contributed by atoms with E-state index in [4.69, 9.17) is 4.74 Å². The van der Waals surface area contributed by atoms with Gasteiger partial charge in [-0.15, -0.1) is 0 Å². The van der Waals surface area contributed by atoms with E-state index in [-0.39, 0.29) is 22.2 Å². The number of aromatic hydroxyl groups is 2. The fourth-order valence-corrected chi connectivity index (χ4v) is 3.10. The first-order valence-corrected chi connectivity index (χ1v) is 7.75. The number of thioether (sulfide) groups is 1. The lowest BCUT2D eigenvalue weighted by atomic mass is 10.2. The van der Waals surface area contributed by atoms with Gasteiger partial charge in [0, 0.05) is 6.07 Å². The van der Waals surface area contributed by atoms with Crippen LogP contribution >= 0.6 is 11.8 Å². The van der Waals surface area contributed by atoms with E-state index in [0.717, 1.165) is 16.7 Å². The van der Waals surface area contributed by atoms with E-state index in [1.165, 1.54) is 25.3 Å². The van der Waals surface area contributed by atoms with Crippen molar-refractivity contribution in [2.24, 2.45) is 0 Å². The number of benzene rings is 2. The van der Waals surface area contributed by atoms with Gasteiger partial charge in [0.2, 0.25) is 0 Å². The molecule has 122 valence electrons. The number of rotatable bonds is 3. The van der Waals surface area contributed by atoms with E-state index < -0.39 is 11.1 Å². The minimum absolute atomic E-state index is 0.0116.